The summed E-state index contributed by atoms with van der Waals surface area (Å²) in [5, 5.41) is 13.5. The van der Waals surface area contributed by atoms with E-state index >= 15 is 0 Å². The third-order valence-corrected chi connectivity index (χ3v) is 8.70. The number of carbonyl (C=O) groups excluding carboxylic acids is 2. The number of carbonyl (C=O) groups is 2. The molecule has 0 spiro atoms. The minimum atomic E-state index is -0.370. The van der Waals surface area contributed by atoms with Gasteiger partial charge in [-0.15, -0.1) is 21.5 Å². The lowest BCUT2D eigenvalue weighted by molar-refractivity contribution is -0.113. The van der Waals surface area contributed by atoms with Gasteiger partial charge in [-0.1, -0.05) is 23.4 Å². The Morgan fingerprint density at radius 1 is 1.24 bits per heavy atom. The minimum Gasteiger partial charge on any atom is -0.483 e. The molecule has 0 aliphatic heterocycles. The second kappa shape index (κ2) is 12.3. The molecule has 2 aromatic heterocycles. The normalized spacial score (nSPS) is 13.6. The maximum absolute atomic E-state index is 12.9. The third kappa shape index (κ3) is 6.30. The van der Waals surface area contributed by atoms with Crippen LogP contribution < -0.4 is 10.1 Å². The molecule has 1 atom stereocenters. The Kier molecular flexibility index (Phi) is 9.15. The Hall–Kier alpha value is -2.56. The number of hydrogen-bond acceptors (Lipinski definition) is 8. The second-order valence-electron chi connectivity index (χ2n) is 8.73. The molecule has 1 aliphatic rings. The highest BCUT2D eigenvalue weighted by atomic mass is 35.5. The fraction of sp³-hybridized carbons (Fsp3) is 0.462. The molecule has 3 aromatic rings. The van der Waals surface area contributed by atoms with E-state index in [2.05, 4.69) is 15.5 Å². The molecule has 0 bridgehead atoms. The number of anilines is 1. The van der Waals surface area contributed by atoms with Crippen molar-refractivity contribution >= 4 is 51.6 Å². The molecule has 0 radical (unpaired) electrons. The molecule has 198 valence electrons. The molecular weight excluding hydrogens is 532 g/mol. The van der Waals surface area contributed by atoms with Gasteiger partial charge in [0.05, 0.1) is 17.9 Å². The van der Waals surface area contributed by atoms with Gasteiger partial charge in [-0.25, -0.2) is 4.79 Å². The van der Waals surface area contributed by atoms with Crippen LogP contribution >= 0.6 is 34.7 Å². The zero-order chi connectivity index (χ0) is 26.5. The van der Waals surface area contributed by atoms with E-state index in [-0.39, 0.29) is 23.7 Å². The summed E-state index contributed by atoms with van der Waals surface area (Å²) in [5.41, 5.74) is 2.48. The molecule has 1 N–H and O–H groups in total. The van der Waals surface area contributed by atoms with E-state index in [0.29, 0.717) is 45.5 Å². The maximum atomic E-state index is 12.9. The first-order chi connectivity index (χ1) is 17.8. The van der Waals surface area contributed by atoms with E-state index in [1.807, 2.05) is 37.5 Å². The Morgan fingerprint density at radius 2 is 2.03 bits per heavy atom. The Bertz CT molecular complexity index is 1290. The van der Waals surface area contributed by atoms with Crippen molar-refractivity contribution in [1.82, 2.24) is 14.8 Å². The number of fused-ring (bicyclic) bond motifs is 1. The number of amides is 1. The van der Waals surface area contributed by atoms with Gasteiger partial charge >= 0.3 is 5.97 Å². The molecule has 0 saturated carbocycles. The van der Waals surface area contributed by atoms with Crippen LogP contribution in [-0.4, -0.2) is 39.0 Å². The number of thiophene rings is 1. The zero-order valence-electron chi connectivity index (χ0n) is 21.4. The van der Waals surface area contributed by atoms with Crippen LogP contribution in [0.1, 0.15) is 71.9 Å². The van der Waals surface area contributed by atoms with Crippen LogP contribution in [0.2, 0.25) is 5.02 Å². The number of benzene rings is 1. The highest BCUT2D eigenvalue weighted by molar-refractivity contribution is 7.99. The van der Waals surface area contributed by atoms with Crippen LogP contribution in [-0.2, 0) is 28.9 Å². The largest absolute Gasteiger partial charge is 0.483 e. The van der Waals surface area contributed by atoms with Crippen molar-refractivity contribution in [1.29, 1.82) is 0 Å². The summed E-state index contributed by atoms with van der Waals surface area (Å²) < 4.78 is 13.3. The molecule has 1 aliphatic carbocycles. The molecule has 1 unspecified atom stereocenters. The number of aromatic nitrogens is 3. The molecular formula is C26H31ClN4O4S2. The van der Waals surface area contributed by atoms with Crippen LogP contribution in [0.3, 0.4) is 0 Å². The van der Waals surface area contributed by atoms with Crippen molar-refractivity contribution in [2.24, 2.45) is 0 Å². The summed E-state index contributed by atoms with van der Waals surface area (Å²) in [5.74, 6) is 0.930. The smallest absolute Gasteiger partial charge is 0.341 e. The molecule has 4 rings (SSSR count). The third-order valence-electron chi connectivity index (χ3n) is 6.10. The predicted octanol–water partition coefficient (Wildman–Crippen LogP) is 6.25. The van der Waals surface area contributed by atoms with Gasteiger partial charge in [-0.3, -0.25) is 4.79 Å². The lowest BCUT2D eigenvalue weighted by Gasteiger charge is -2.16. The molecule has 0 fully saturated rings. The first kappa shape index (κ1) is 27.5. The molecule has 2 heterocycles. The molecule has 0 saturated heterocycles. The standard InChI is InChI=1S/C26H31ClN4O4S2/c1-5-31-23(16(4)35-17-11-12-19(27)15(3)13-17)29-30-26(31)36-14-21(32)28-24-22(25(33)34-6-2)18-9-7-8-10-20(18)37-24/h11-13,16H,5-10,14H2,1-4H3,(H,28,32). The SMILES string of the molecule is CCOC(=O)c1c(NC(=O)CSc2nnc(C(C)Oc3ccc(Cl)c(C)c3)n2CC)sc2c1CCCC2. The van der Waals surface area contributed by atoms with Gasteiger partial charge < -0.3 is 19.4 Å². The topological polar surface area (TPSA) is 95.3 Å². The lowest BCUT2D eigenvalue weighted by Crippen LogP contribution is -2.17. The number of thioether (sulfide) groups is 1. The summed E-state index contributed by atoms with van der Waals surface area (Å²) >= 11 is 8.91. The number of aryl methyl sites for hydroxylation is 2. The van der Waals surface area contributed by atoms with E-state index in [1.54, 1.807) is 13.0 Å². The van der Waals surface area contributed by atoms with E-state index < -0.39 is 0 Å². The number of nitrogens with one attached hydrogen (secondary N) is 1. The summed E-state index contributed by atoms with van der Waals surface area (Å²) in [4.78, 5) is 26.7. The van der Waals surface area contributed by atoms with E-state index in [4.69, 9.17) is 21.1 Å². The fourth-order valence-electron chi connectivity index (χ4n) is 4.32. The summed E-state index contributed by atoms with van der Waals surface area (Å²) in [6.07, 6.45) is 3.54. The first-order valence-corrected chi connectivity index (χ1v) is 14.6. The van der Waals surface area contributed by atoms with Gasteiger partial charge in [-0.2, -0.15) is 0 Å². The van der Waals surface area contributed by atoms with Gasteiger partial charge in [0.15, 0.2) is 17.1 Å². The van der Waals surface area contributed by atoms with E-state index in [0.717, 1.165) is 41.7 Å². The van der Waals surface area contributed by atoms with Gasteiger partial charge in [0.25, 0.3) is 0 Å². The highest BCUT2D eigenvalue weighted by Gasteiger charge is 2.27. The Labute approximate surface area is 230 Å². The van der Waals surface area contributed by atoms with Gasteiger partial charge in [-0.05, 0) is 82.7 Å². The molecule has 11 heteroatoms. The number of rotatable bonds is 10. The Morgan fingerprint density at radius 3 is 2.76 bits per heavy atom. The minimum absolute atomic E-state index is 0.134. The molecule has 8 nitrogen and oxygen atoms in total. The maximum Gasteiger partial charge on any atom is 0.341 e. The fourth-order valence-corrected chi connectivity index (χ4v) is 6.54. The zero-order valence-corrected chi connectivity index (χ0v) is 23.8. The summed E-state index contributed by atoms with van der Waals surface area (Å²) in [6, 6.07) is 5.52. The van der Waals surface area contributed by atoms with Crippen molar-refractivity contribution in [3.8, 4) is 5.75 Å². The molecule has 1 amide bonds. The number of ether oxygens (including phenoxy) is 2. The summed E-state index contributed by atoms with van der Waals surface area (Å²) in [6.45, 7) is 8.54. The van der Waals surface area contributed by atoms with Crippen molar-refractivity contribution in [3.63, 3.8) is 0 Å². The van der Waals surface area contributed by atoms with E-state index in [9.17, 15) is 9.59 Å². The Balaban J connectivity index is 1.43. The van der Waals surface area contributed by atoms with Crippen LogP contribution in [0.15, 0.2) is 23.4 Å². The van der Waals surface area contributed by atoms with Crippen LogP contribution in [0.4, 0.5) is 5.00 Å². The van der Waals surface area contributed by atoms with Gasteiger partial charge in [0, 0.05) is 16.4 Å². The van der Waals surface area contributed by atoms with Crippen molar-refractivity contribution < 1.29 is 19.1 Å². The quantitative estimate of drug-likeness (QED) is 0.230. The van der Waals surface area contributed by atoms with Crippen LogP contribution in [0.5, 0.6) is 5.75 Å². The van der Waals surface area contributed by atoms with Crippen LogP contribution in [0.25, 0.3) is 0 Å². The number of hydrogen-bond donors (Lipinski definition) is 1. The van der Waals surface area contributed by atoms with E-state index in [1.165, 1.54) is 23.1 Å². The number of esters is 1. The summed E-state index contributed by atoms with van der Waals surface area (Å²) in [7, 11) is 0. The van der Waals surface area contributed by atoms with Crippen molar-refractivity contribution in [2.45, 2.75) is 71.2 Å². The highest BCUT2D eigenvalue weighted by Crippen LogP contribution is 2.39. The first-order valence-electron chi connectivity index (χ1n) is 12.4. The lowest BCUT2D eigenvalue weighted by atomic mass is 9.95. The van der Waals surface area contributed by atoms with Gasteiger partial charge in [0.2, 0.25) is 5.91 Å². The van der Waals surface area contributed by atoms with Crippen molar-refractivity contribution in [3.05, 3.63) is 50.6 Å². The predicted molar refractivity (Wildman–Crippen MR) is 147 cm³/mol. The molecule has 37 heavy (non-hydrogen) atoms. The molecule has 1 aromatic carbocycles. The number of nitrogens with zero attached hydrogens (tertiary/aromatic N) is 3. The second-order valence-corrected chi connectivity index (χ2v) is 11.2. The average Bonchev–Trinajstić information content (AvgIpc) is 3.45. The van der Waals surface area contributed by atoms with Crippen molar-refractivity contribution in [2.75, 3.05) is 17.7 Å². The number of halogens is 1. The van der Waals surface area contributed by atoms with Crippen LogP contribution in [0, 0.1) is 6.92 Å². The monoisotopic (exact) mass is 562 g/mol. The van der Waals surface area contributed by atoms with Gasteiger partial charge in [0.1, 0.15) is 10.8 Å². The average molecular weight is 563 g/mol.